The van der Waals surface area contributed by atoms with E-state index in [4.69, 9.17) is 0 Å². The van der Waals surface area contributed by atoms with E-state index in [-0.39, 0.29) is 0 Å². The summed E-state index contributed by atoms with van der Waals surface area (Å²) in [4.78, 5) is 15.2. The van der Waals surface area contributed by atoms with Crippen molar-refractivity contribution < 1.29 is 0 Å². The van der Waals surface area contributed by atoms with Crippen molar-refractivity contribution in [2.24, 2.45) is 0 Å². The standard InChI is InChI=1S/C9H7N.C7H7N3.C2H6/c1-2-4-9-7-10-6-5-8(9)3-1;1-5-2-6-7(3-8-5)10-4-9-6;1-2/h1-7H;2-4H,1H3,(H,9,10);1-2H3. The molecule has 3 heterocycles. The van der Waals surface area contributed by atoms with Gasteiger partial charge in [-0.2, -0.15) is 0 Å². The average Bonchev–Trinajstić information content (AvgIpc) is 3.05. The highest BCUT2D eigenvalue weighted by molar-refractivity contribution is 5.81. The number of benzene rings is 1. The van der Waals surface area contributed by atoms with Crippen LogP contribution in [0.1, 0.15) is 19.5 Å². The van der Waals surface area contributed by atoms with E-state index in [2.05, 4.69) is 32.1 Å². The van der Waals surface area contributed by atoms with E-state index < -0.39 is 0 Å². The van der Waals surface area contributed by atoms with Crippen LogP contribution in [0.15, 0.2) is 61.3 Å². The normalized spacial score (nSPS) is 9.59. The van der Waals surface area contributed by atoms with E-state index in [1.807, 2.05) is 57.4 Å². The van der Waals surface area contributed by atoms with Crippen molar-refractivity contribution in [3.8, 4) is 0 Å². The van der Waals surface area contributed by atoms with E-state index in [1.165, 1.54) is 10.8 Å². The number of pyridine rings is 2. The third kappa shape index (κ3) is 3.88. The number of aromatic nitrogens is 4. The first kappa shape index (κ1) is 15.6. The van der Waals surface area contributed by atoms with Crippen molar-refractivity contribution in [1.29, 1.82) is 0 Å². The number of aryl methyl sites for hydroxylation is 1. The molecular weight excluding hydrogens is 272 g/mol. The molecular formula is C18H20N4. The second-order valence-corrected chi connectivity index (χ2v) is 4.47. The fourth-order valence-electron chi connectivity index (χ4n) is 1.96. The van der Waals surface area contributed by atoms with Gasteiger partial charge >= 0.3 is 0 Å². The molecule has 0 bridgehead atoms. The fraction of sp³-hybridized carbons (Fsp3) is 0.167. The van der Waals surface area contributed by atoms with E-state index in [9.17, 15) is 0 Å². The van der Waals surface area contributed by atoms with Crippen LogP contribution in [0.2, 0.25) is 0 Å². The monoisotopic (exact) mass is 292 g/mol. The summed E-state index contributed by atoms with van der Waals surface area (Å²) < 4.78 is 0. The van der Waals surface area contributed by atoms with Crippen LogP contribution in [-0.2, 0) is 0 Å². The second kappa shape index (κ2) is 7.88. The summed E-state index contributed by atoms with van der Waals surface area (Å²) >= 11 is 0. The Morgan fingerprint density at radius 2 is 1.68 bits per heavy atom. The molecule has 0 fully saturated rings. The summed E-state index contributed by atoms with van der Waals surface area (Å²) in [6.45, 7) is 5.95. The second-order valence-electron chi connectivity index (χ2n) is 4.47. The van der Waals surface area contributed by atoms with Crippen molar-refractivity contribution in [3.63, 3.8) is 0 Å². The molecule has 0 amide bonds. The molecule has 0 unspecified atom stereocenters. The zero-order chi connectivity index (χ0) is 15.8. The maximum Gasteiger partial charge on any atom is 0.0932 e. The van der Waals surface area contributed by atoms with Gasteiger partial charge in [-0.1, -0.05) is 38.1 Å². The molecule has 0 aliphatic rings. The first-order chi connectivity index (χ1) is 10.8. The lowest BCUT2D eigenvalue weighted by atomic mass is 10.2. The van der Waals surface area contributed by atoms with Crippen molar-refractivity contribution >= 4 is 21.8 Å². The number of nitrogens with one attached hydrogen (secondary N) is 1. The lowest BCUT2D eigenvalue weighted by molar-refractivity contribution is 1.22. The van der Waals surface area contributed by atoms with E-state index >= 15 is 0 Å². The molecule has 0 spiro atoms. The highest BCUT2D eigenvalue weighted by Crippen LogP contribution is 2.09. The van der Waals surface area contributed by atoms with Crippen molar-refractivity contribution in [2.45, 2.75) is 20.8 Å². The molecule has 1 aromatic carbocycles. The zero-order valence-corrected chi connectivity index (χ0v) is 13.1. The number of imidazole rings is 1. The number of aromatic amines is 1. The number of H-pyrrole nitrogens is 1. The van der Waals surface area contributed by atoms with Crippen molar-refractivity contribution in [3.05, 3.63) is 67.0 Å². The number of nitrogens with zero attached hydrogens (tertiary/aromatic N) is 3. The topological polar surface area (TPSA) is 54.5 Å². The SMILES string of the molecule is CC.Cc1cc2nc[nH]c2cn1.c1ccc2cnccc2c1. The molecule has 112 valence electrons. The molecule has 0 saturated heterocycles. The molecule has 1 N–H and O–H groups in total. The van der Waals surface area contributed by atoms with Crippen LogP contribution >= 0.6 is 0 Å². The van der Waals surface area contributed by atoms with E-state index in [0.29, 0.717) is 0 Å². The molecule has 4 nitrogen and oxygen atoms in total. The van der Waals surface area contributed by atoms with E-state index in [0.717, 1.165) is 16.7 Å². The largest absolute Gasteiger partial charge is 0.343 e. The predicted octanol–water partition coefficient (Wildman–Crippen LogP) is 4.53. The van der Waals surface area contributed by atoms with Gasteiger partial charge in [-0.3, -0.25) is 9.97 Å². The van der Waals surface area contributed by atoms with Gasteiger partial charge in [0.1, 0.15) is 0 Å². The molecule has 22 heavy (non-hydrogen) atoms. The van der Waals surface area contributed by atoms with Crippen LogP contribution < -0.4 is 0 Å². The summed E-state index contributed by atoms with van der Waals surface area (Å²) in [5.74, 6) is 0. The van der Waals surface area contributed by atoms with Gasteiger partial charge in [0, 0.05) is 18.1 Å². The van der Waals surface area contributed by atoms with E-state index in [1.54, 1.807) is 12.5 Å². The summed E-state index contributed by atoms with van der Waals surface area (Å²) in [7, 11) is 0. The Balaban J connectivity index is 0.000000144. The maximum absolute atomic E-state index is 4.11. The smallest absolute Gasteiger partial charge is 0.0932 e. The van der Waals surface area contributed by atoms with Crippen molar-refractivity contribution in [2.75, 3.05) is 0 Å². The van der Waals surface area contributed by atoms with Gasteiger partial charge in [0.15, 0.2) is 0 Å². The van der Waals surface area contributed by atoms with Crippen LogP contribution in [0.3, 0.4) is 0 Å². The summed E-state index contributed by atoms with van der Waals surface area (Å²) in [5, 5.41) is 2.45. The Labute approximate surface area is 130 Å². The van der Waals surface area contributed by atoms with Gasteiger partial charge in [0.05, 0.1) is 23.6 Å². The minimum Gasteiger partial charge on any atom is -0.343 e. The number of hydrogen-bond donors (Lipinski definition) is 1. The van der Waals surface area contributed by atoms with Crippen LogP contribution in [0, 0.1) is 6.92 Å². The first-order valence-electron chi connectivity index (χ1n) is 7.37. The van der Waals surface area contributed by atoms with Gasteiger partial charge in [-0.05, 0) is 29.8 Å². The van der Waals surface area contributed by atoms with Gasteiger partial charge < -0.3 is 4.98 Å². The quantitative estimate of drug-likeness (QED) is 0.518. The first-order valence-corrected chi connectivity index (χ1v) is 7.37. The Morgan fingerprint density at radius 1 is 0.909 bits per heavy atom. The highest BCUT2D eigenvalue weighted by Gasteiger charge is 1.93. The molecule has 3 aromatic heterocycles. The zero-order valence-electron chi connectivity index (χ0n) is 13.1. The average molecular weight is 292 g/mol. The Bertz CT molecular complexity index is 771. The molecule has 4 aromatic rings. The van der Waals surface area contributed by atoms with Gasteiger partial charge in [-0.25, -0.2) is 4.98 Å². The molecule has 4 heteroatoms. The predicted molar refractivity (Wildman–Crippen MR) is 91.7 cm³/mol. The molecule has 0 atom stereocenters. The Morgan fingerprint density at radius 3 is 2.45 bits per heavy atom. The lowest BCUT2D eigenvalue weighted by Gasteiger charge is -1.91. The van der Waals surface area contributed by atoms with Crippen LogP contribution in [0.25, 0.3) is 21.8 Å². The fourth-order valence-corrected chi connectivity index (χ4v) is 1.96. The molecule has 0 saturated carbocycles. The molecule has 0 radical (unpaired) electrons. The van der Waals surface area contributed by atoms with Crippen LogP contribution in [0.4, 0.5) is 0 Å². The molecule has 4 rings (SSSR count). The third-order valence-electron chi connectivity index (χ3n) is 2.99. The maximum atomic E-state index is 4.11. The summed E-state index contributed by atoms with van der Waals surface area (Å²) in [6, 6.07) is 12.1. The van der Waals surface area contributed by atoms with Crippen LogP contribution in [-0.4, -0.2) is 19.9 Å². The minimum absolute atomic E-state index is 0.979. The molecule has 0 aliphatic carbocycles. The number of hydrogen-bond acceptors (Lipinski definition) is 3. The summed E-state index contributed by atoms with van der Waals surface area (Å²) in [5.41, 5.74) is 2.97. The molecule has 0 aliphatic heterocycles. The Kier molecular flexibility index (Phi) is 5.60. The van der Waals surface area contributed by atoms with Gasteiger partial charge in [0.25, 0.3) is 0 Å². The van der Waals surface area contributed by atoms with Crippen molar-refractivity contribution in [1.82, 2.24) is 19.9 Å². The highest BCUT2D eigenvalue weighted by atomic mass is 14.9. The lowest BCUT2D eigenvalue weighted by Crippen LogP contribution is -1.78. The van der Waals surface area contributed by atoms with Gasteiger partial charge in [0.2, 0.25) is 0 Å². The van der Waals surface area contributed by atoms with Gasteiger partial charge in [-0.15, -0.1) is 0 Å². The minimum atomic E-state index is 0.979. The summed E-state index contributed by atoms with van der Waals surface area (Å²) in [6.07, 6.45) is 7.14. The third-order valence-corrected chi connectivity index (χ3v) is 2.99. The Hall–Kier alpha value is -2.75. The number of rotatable bonds is 0. The van der Waals surface area contributed by atoms with Crippen LogP contribution in [0.5, 0.6) is 0 Å². The number of fused-ring (bicyclic) bond motifs is 2.